The van der Waals surface area contributed by atoms with Gasteiger partial charge in [-0.1, -0.05) is 22.6 Å². The maximum absolute atomic E-state index is 12.6. The Labute approximate surface area is 126 Å². The molecule has 2 rings (SSSR count). The van der Waals surface area contributed by atoms with Crippen LogP contribution in [0.4, 0.5) is 13.2 Å². The average Bonchev–Trinajstić information content (AvgIpc) is 2.84. The summed E-state index contributed by atoms with van der Waals surface area (Å²) >= 11 is 3.75. The molecule has 0 fully saturated rings. The molecular weight excluding hydrogens is 388 g/mol. The number of rotatable bonds is 4. The molecule has 7 heteroatoms. The molecule has 0 unspecified atom stereocenters. The molecule has 0 aliphatic rings. The van der Waals surface area contributed by atoms with Gasteiger partial charge in [-0.25, -0.2) is 9.97 Å². The van der Waals surface area contributed by atoms with Crippen LogP contribution in [0.2, 0.25) is 0 Å². The molecule has 0 aromatic carbocycles. The topological polar surface area (TPSA) is 25.8 Å². The minimum atomic E-state index is -4.43. The zero-order chi connectivity index (χ0) is 13.9. The van der Waals surface area contributed by atoms with E-state index >= 15 is 0 Å². The van der Waals surface area contributed by atoms with Crippen molar-refractivity contribution in [2.45, 2.75) is 19.0 Å². The lowest BCUT2D eigenvalue weighted by Gasteiger charge is -2.05. The second kappa shape index (κ2) is 6.17. The number of thiophene rings is 1. The van der Waals surface area contributed by atoms with Crippen LogP contribution in [0.5, 0.6) is 0 Å². The van der Waals surface area contributed by atoms with Gasteiger partial charge >= 0.3 is 6.18 Å². The van der Waals surface area contributed by atoms with E-state index in [9.17, 15) is 13.2 Å². The largest absolute Gasteiger partial charge is 0.433 e. The molecule has 0 atom stereocenters. The predicted molar refractivity (Wildman–Crippen MR) is 77.6 cm³/mol. The fraction of sp³-hybridized carbons (Fsp3) is 0.333. The van der Waals surface area contributed by atoms with E-state index < -0.39 is 11.9 Å². The van der Waals surface area contributed by atoms with Crippen LogP contribution in [-0.4, -0.2) is 14.4 Å². The Hall–Kier alpha value is -0.700. The third-order valence-corrected chi connectivity index (χ3v) is 4.29. The molecule has 0 aliphatic heterocycles. The predicted octanol–water partition coefficient (Wildman–Crippen LogP) is 4.59. The SMILES string of the molecule is FC(F)(F)c1ccnc(-c2ccc(CCCI)s2)n1. The van der Waals surface area contributed by atoms with Gasteiger partial charge in [-0.15, -0.1) is 11.3 Å². The van der Waals surface area contributed by atoms with Crippen LogP contribution in [-0.2, 0) is 12.6 Å². The van der Waals surface area contributed by atoms with Gasteiger partial charge in [-0.2, -0.15) is 13.2 Å². The number of hydrogen-bond acceptors (Lipinski definition) is 3. The third kappa shape index (κ3) is 3.88. The Morgan fingerprint density at radius 2 is 2.00 bits per heavy atom. The van der Waals surface area contributed by atoms with Crippen molar-refractivity contribution in [3.8, 4) is 10.7 Å². The lowest BCUT2D eigenvalue weighted by atomic mass is 10.3. The average molecular weight is 398 g/mol. The van der Waals surface area contributed by atoms with E-state index in [4.69, 9.17) is 0 Å². The molecule has 0 N–H and O–H groups in total. The molecular formula is C12H10F3IN2S. The summed E-state index contributed by atoms with van der Waals surface area (Å²) in [6, 6.07) is 4.59. The number of alkyl halides is 4. The maximum atomic E-state index is 12.6. The van der Waals surface area contributed by atoms with E-state index in [-0.39, 0.29) is 5.82 Å². The maximum Gasteiger partial charge on any atom is 0.433 e. The molecule has 0 aliphatic carbocycles. The fourth-order valence-electron chi connectivity index (χ4n) is 1.51. The summed E-state index contributed by atoms with van der Waals surface area (Å²) < 4.78 is 38.8. The van der Waals surface area contributed by atoms with Gasteiger partial charge in [-0.05, 0) is 35.5 Å². The minimum absolute atomic E-state index is 0.139. The Kier molecular flexibility index (Phi) is 4.77. The summed E-state index contributed by atoms with van der Waals surface area (Å²) in [5.41, 5.74) is -0.903. The highest BCUT2D eigenvalue weighted by Gasteiger charge is 2.32. The number of aryl methyl sites for hydroxylation is 1. The van der Waals surface area contributed by atoms with Gasteiger partial charge < -0.3 is 0 Å². The molecule has 0 bridgehead atoms. The monoisotopic (exact) mass is 398 g/mol. The van der Waals surface area contributed by atoms with Crippen LogP contribution < -0.4 is 0 Å². The quantitative estimate of drug-likeness (QED) is 0.556. The van der Waals surface area contributed by atoms with Crippen molar-refractivity contribution in [3.63, 3.8) is 0 Å². The molecule has 0 saturated heterocycles. The van der Waals surface area contributed by atoms with Crippen LogP contribution >= 0.6 is 33.9 Å². The first-order valence-corrected chi connectivity index (χ1v) is 7.90. The normalized spacial score (nSPS) is 11.8. The highest BCUT2D eigenvalue weighted by Crippen LogP contribution is 2.31. The Bertz CT molecular complexity index is 554. The zero-order valence-electron chi connectivity index (χ0n) is 9.75. The van der Waals surface area contributed by atoms with E-state index in [1.807, 2.05) is 6.07 Å². The second-order valence-electron chi connectivity index (χ2n) is 3.82. The number of aromatic nitrogens is 2. The standard InChI is InChI=1S/C12H10F3IN2S/c13-12(14,15)10-5-7-17-11(18-10)9-4-3-8(19-9)2-1-6-16/h3-5,7H,1-2,6H2. The summed E-state index contributed by atoms with van der Waals surface area (Å²) in [6.07, 6.45) is -1.29. The Morgan fingerprint density at radius 3 is 2.68 bits per heavy atom. The van der Waals surface area contributed by atoms with E-state index in [0.29, 0.717) is 4.88 Å². The van der Waals surface area contributed by atoms with Crippen molar-refractivity contribution in [1.82, 2.24) is 9.97 Å². The van der Waals surface area contributed by atoms with Gasteiger partial charge in [0.2, 0.25) is 0 Å². The smallest absolute Gasteiger partial charge is 0.236 e. The van der Waals surface area contributed by atoms with Crippen LogP contribution in [0.1, 0.15) is 17.0 Å². The van der Waals surface area contributed by atoms with Crippen molar-refractivity contribution in [2.24, 2.45) is 0 Å². The summed E-state index contributed by atoms with van der Waals surface area (Å²) in [5, 5.41) is 0. The van der Waals surface area contributed by atoms with Gasteiger partial charge in [0.25, 0.3) is 0 Å². The minimum Gasteiger partial charge on any atom is -0.236 e. The first kappa shape index (κ1) is 14.7. The lowest BCUT2D eigenvalue weighted by Crippen LogP contribution is -2.08. The molecule has 0 spiro atoms. The molecule has 0 saturated carbocycles. The van der Waals surface area contributed by atoms with E-state index in [0.717, 1.165) is 34.4 Å². The molecule has 0 amide bonds. The molecule has 2 aromatic rings. The highest BCUT2D eigenvalue weighted by molar-refractivity contribution is 14.1. The Morgan fingerprint density at radius 1 is 1.21 bits per heavy atom. The van der Waals surface area contributed by atoms with E-state index in [1.54, 1.807) is 6.07 Å². The van der Waals surface area contributed by atoms with Crippen LogP contribution in [0.3, 0.4) is 0 Å². The number of nitrogens with zero attached hydrogens (tertiary/aromatic N) is 2. The lowest BCUT2D eigenvalue weighted by molar-refractivity contribution is -0.141. The second-order valence-corrected chi connectivity index (χ2v) is 6.07. The van der Waals surface area contributed by atoms with Gasteiger partial charge in [-0.3, -0.25) is 0 Å². The molecule has 102 valence electrons. The van der Waals surface area contributed by atoms with Crippen LogP contribution in [0, 0.1) is 0 Å². The van der Waals surface area contributed by atoms with Gasteiger partial charge in [0.1, 0.15) is 5.69 Å². The molecule has 19 heavy (non-hydrogen) atoms. The van der Waals surface area contributed by atoms with Crippen molar-refractivity contribution in [2.75, 3.05) is 4.43 Å². The van der Waals surface area contributed by atoms with E-state index in [2.05, 4.69) is 32.6 Å². The highest BCUT2D eigenvalue weighted by atomic mass is 127. The summed E-state index contributed by atoms with van der Waals surface area (Å²) in [7, 11) is 0. The number of hydrogen-bond donors (Lipinski definition) is 0. The first-order chi connectivity index (χ1) is 9.00. The zero-order valence-corrected chi connectivity index (χ0v) is 12.7. The summed E-state index contributed by atoms with van der Waals surface area (Å²) in [4.78, 5) is 9.32. The molecule has 2 nitrogen and oxygen atoms in total. The van der Waals surface area contributed by atoms with Gasteiger partial charge in [0.15, 0.2) is 5.82 Å². The molecule has 2 aromatic heterocycles. The van der Waals surface area contributed by atoms with Crippen LogP contribution in [0.25, 0.3) is 10.7 Å². The van der Waals surface area contributed by atoms with Crippen LogP contribution in [0.15, 0.2) is 24.4 Å². The summed E-state index contributed by atoms with van der Waals surface area (Å²) in [5.74, 6) is 0.139. The fourth-order valence-corrected chi connectivity index (χ4v) is 2.88. The van der Waals surface area contributed by atoms with Crippen molar-refractivity contribution >= 4 is 33.9 Å². The van der Waals surface area contributed by atoms with Gasteiger partial charge in [0.05, 0.1) is 4.88 Å². The molecule has 0 radical (unpaired) electrons. The molecule has 2 heterocycles. The van der Waals surface area contributed by atoms with Crippen molar-refractivity contribution in [1.29, 1.82) is 0 Å². The summed E-state index contributed by atoms with van der Waals surface area (Å²) in [6.45, 7) is 0. The van der Waals surface area contributed by atoms with E-state index in [1.165, 1.54) is 11.3 Å². The van der Waals surface area contributed by atoms with Gasteiger partial charge in [0, 0.05) is 11.1 Å². The van der Waals surface area contributed by atoms with Crippen molar-refractivity contribution < 1.29 is 13.2 Å². The third-order valence-electron chi connectivity index (χ3n) is 2.38. The van der Waals surface area contributed by atoms with Crippen molar-refractivity contribution in [3.05, 3.63) is 35.0 Å². The first-order valence-electron chi connectivity index (χ1n) is 5.56. The Balaban J connectivity index is 2.24. The number of halogens is 4.